The first-order valence-electron chi connectivity index (χ1n) is 5.78. The fourth-order valence-electron chi connectivity index (χ4n) is 2.15. The first-order chi connectivity index (χ1) is 7.88. The Balaban J connectivity index is 3.24. The number of rotatable bonds is 4. The zero-order valence-electron chi connectivity index (χ0n) is 10.9. The third-order valence-electron chi connectivity index (χ3n) is 2.90. The van der Waals surface area contributed by atoms with E-state index in [-0.39, 0.29) is 18.0 Å². The Morgan fingerprint density at radius 3 is 2.59 bits per heavy atom. The van der Waals surface area contributed by atoms with Crippen LogP contribution in [-0.2, 0) is 10.2 Å². The lowest BCUT2D eigenvalue weighted by atomic mass is 9.79. The van der Waals surface area contributed by atoms with Crippen LogP contribution >= 0.6 is 0 Å². The van der Waals surface area contributed by atoms with Crippen molar-refractivity contribution >= 4 is 5.97 Å². The van der Waals surface area contributed by atoms with E-state index in [1.807, 2.05) is 32.9 Å². The molecule has 0 saturated carbocycles. The van der Waals surface area contributed by atoms with Crippen LogP contribution in [0.15, 0.2) is 18.2 Å². The summed E-state index contributed by atoms with van der Waals surface area (Å²) in [4.78, 5) is 11.1. The van der Waals surface area contributed by atoms with Crippen LogP contribution < -0.4 is 4.74 Å². The number of hydrogen-bond acceptors (Lipinski definition) is 3. The van der Waals surface area contributed by atoms with Gasteiger partial charge < -0.3 is 9.84 Å². The topological polar surface area (TPSA) is 46.5 Å². The number of carbonyl (C=O) groups is 1. The second kappa shape index (κ2) is 5.32. The molecule has 94 valence electrons. The third kappa shape index (κ3) is 3.30. The summed E-state index contributed by atoms with van der Waals surface area (Å²) in [6.45, 7) is 7.57. The van der Waals surface area contributed by atoms with Gasteiger partial charge in [0.2, 0.25) is 0 Å². The molecule has 0 saturated heterocycles. The highest BCUT2D eigenvalue weighted by Gasteiger charge is 2.26. The Kier molecular flexibility index (Phi) is 4.29. The lowest BCUT2D eigenvalue weighted by molar-refractivity contribution is -0.131. The van der Waals surface area contributed by atoms with Gasteiger partial charge in [0.05, 0.1) is 0 Å². The Bertz CT molecular complexity index is 408. The van der Waals surface area contributed by atoms with Gasteiger partial charge in [0.15, 0.2) is 0 Å². The fraction of sp³-hybridized carbons (Fsp3) is 0.500. The molecule has 0 aliphatic carbocycles. The van der Waals surface area contributed by atoms with E-state index in [2.05, 4.69) is 0 Å². The molecule has 0 heterocycles. The Morgan fingerprint density at radius 1 is 1.41 bits per heavy atom. The molecular weight excluding hydrogens is 216 g/mol. The smallest absolute Gasteiger partial charge is 0.308 e. The molecular formula is C14H20O3. The average molecular weight is 236 g/mol. The highest BCUT2D eigenvalue weighted by molar-refractivity contribution is 5.70. The molecule has 0 atom stereocenters. The molecule has 3 nitrogen and oxygen atoms in total. The van der Waals surface area contributed by atoms with Crippen LogP contribution in [0.5, 0.6) is 5.75 Å². The van der Waals surface area contributed by atoms with Crippen LogP contribution in [0.4, 0.5) is 0 Å². The van der Waals surface area contributed by atoms with Crippen molar-refractivity contribution in [2.75, 3.05) is 6.61 Å². The predicted molar refractivity (Wildman–Crippen MR) is 67.2 cm³/mol. The highest BCUT2D eigenvalue weighted by atomic mass is 16.5. The molecule has 1 aromatic rings. The molecule has 17 heavy (non-hydrogen) atoms. The van der Waals surface area contributed by atoms with Crippen molar-refractivity contribution in [3.8, 4) is 5.75 Å². The van der Waals surface area contributed by atoms with Crippen LogP contribution in [0.1, 0.15) is 38.3 Å². The van der Waals surface area contributed by atoms with Gasteiger partial charge >= 0.3 is 5.97 Å². The molecule has 0 unspecified atom stereocenters. The molecule has 1 aromatic carbocycles. The summed E-state index contributed by atoms with van der Waals surface area (Å²) >= 11 is 0. The van der Waals surface area contributed by atoms with E-state index >= 15 is 0 Å². The number of aliphatic hydroxyl groups is 1. The SMILES string of the molecule is CC(=O)Oc1cccc(C)c1C(C)(C)CCO. The molecule has 0 radical (unpaired) electrons. The van der Waals surface area contributed by atoms with E-state index < -0.39 is 0 Å². The molecule has 0 aliphatic rings. The van der Waals surface area contributed by atoms with Crippen LogP contribution in [0.25, 0.3) is 0 Å². The average Bonchev–Trinajstić information content (AvgIpc) is 2.15. The molecule has 0 fully saturated rings. The molecule has 0 aliphatic heterocycles. The molecule has 3 heteroatoms. The number of aliphatic hydroxyl groups excluding tert-OH is 1. The Hall–Kier alpha value is -1.35. The van der Waals surface area contributed by atoms with Crippen LogP contribution in [0.3, 0.4) is 0 Å². The van der Waals surface area contributed by atoms with Crippen LogP contribution in [0.2, 0.25) is 0 Å². The maximum Gasteiger partial charge on any atom is 0.308 e. The Labute approximate surface area is 102 Å². The molecule has 1 N–H and O–H groups in total. The molecule has 0 bridgehead atoms. The zero-order chi connectivity index (χ0) is 13.1. The molecule has 0 spiro atoms. The van der Waals surface area contributed by atoms with Gasteiger partial charge in [-0.1, -0.05) is 26.0 Å². The first-order valence-corrected chi connectivity index (χ1v) is 5.78. The summed E-state index contributed by atoms with van der Waals surface area (Å²) in [6, 6.07) is 5.65. The van der Waals surface area contributed by atoms with Gasteiger partial charge in [0, 0.05) is 19.1 Å². The maximum absolute atomic E-state index is 11.1. The summed E-state index contributed by atoms with van der Waals surface area (Å²) in [5.74, 6) is 0.271. The monoisotopic (exact) mass is 236 g/mol. The van der Waals surface area contributed by atoms with E-state index in [4.69, 9.17) is 9.84 Å². The lowest BCUT2D eigenvalue weighted by Gasteiger charge is -2.28. The summed E-state index contributed by atoms with van der Waals surface area (Å²) < 4.78 is 5.24. The zero-order valence-corrected chi connectivity index (χ0v) is 10.9. The van der Waals surface area contributed by atoms with Crippen LogP contribution in [-0.4, -0.2) is 17.7 Å². The van der Waals surface area contributed by atoms with Crippen molar-refractivity contribution in [3.05, 3.63) is 29.3 Å². The largest absolute Gasteiger partial charge is 0.426 e. The van der Waals surface area contributed by atoms with Gasteiger partial charge in [0.1, 0.15) is 5.75 Å². The summed E-state index contributed by atoms with van der Waals surface area (Å²) in [5.41, 5.74) is 1.84. The summed E-state index contributed by atoms with van der Waals surface area (Å²) in [6.07, 6.45) is 0.631. The number of aryl methyl sites for hydroxylation is 1. The van der Waals surface area contributed by atoms with Gasteiger partial charge in [-0.25, -0.2) is 0 Å². The second-order valence-electron chi connectivity index (χ2n) is 4.90. The normalized spacial score (nSPS) is 11.4. The van der Waals surface area contributed by atoms with Gasteiger partial charge in [0.25, 0.3) is 0 Å². The molecule has 1 rings (SSSR count). The van der Waals surface area contributed by atoms with E-state index in [0.29, 0.717) is 12.2 Å². The fourth-order valence-corrected chi connectivity index (χ4v) is 2.15. The number of benzene rings is 1. The molecule has 0 amide bonds. The first kappa shape index (κ1) is 13.7. The molecule has 0 aromatic heterocycles. The van der Waals surface area contributed by atoms with Crippen molar-refractivity contribution in [2.24, 2.45) is 0 Å². The lowest BCUT2D eigenvalue weighted by Crippen LogP contribution is -2.22. The van der Waals surface area contributed by atoms with Crippen molar-refractivity contribution in [1.82, 2.24) is 0 Å². The Morgan fingerprint density at radius 2 is 2.06 bits per heavy atom. The summed E-state index contributed by atoms with van der Waals surface area (Å²) in [7, 11) is 0. The van der Waals surface area contributed by atoms with E-state index in [0.717, 1.165) is 11.1 Å². The van der Waals surface area contributed by atoms with Crippen molar-refractivity contribution in [1.29, 1.82) is 0 Å². The number of ether oxygens (including phenoxy) is 1. The van der Waals surface area contributed by atoms with Crippen molar-refractivity contribution in [2.45, 2.75) is 39.5 Å². The minimum absolute atomic E-state index is 0.112. The van der Waals surface area contributed by atoms with Gasteiger partial charge in [-0.3, -0.25) is 4.79 Å². The van der Waals surface area contributed by atoms with E-state index in [1.165, 1.54) is 6.92 Å². The number of esters is 1. The van der Waals surface area contributed by atoms with Gasteiger partial charge in [-0.2, -0.15) is 0 Å². The predicted octanol–water partition coefficient (Wildman–Crippen LogP) is 2.58. The third-order valence-corrected chi connectivity index (χ3v) is 2.90. The number of carbonyl (C=O) groups excluding carboxylic acids is 1. The minimum atomic E-state index is -0.323. The maximum atomic E-state index is 11.1. The number of hydrogen-bond donors (Lipinski definition) is 1. The standard InChI is InChI=1S/C14H20O3/c1-10-6-5-7-12(17-11(2)16)13(10)14(3,4)8-9-15/h5-7,15H,8-9H2,1-4H3. The van der Waals surface area contributed by atoms with E-state index in [1.54, 1.807) is 6.07 Å². The minimum Gasteiger partial charge on any atom is -0.426 e. The van der Waals surface area contributed by atoms with Gasteiger partial charge in [-0.05, 0) is 30.4 Å². The summed E-state index contributed by atoms with van der Waals surface area (Å²) in [5, 5.41) is 9.12. The highest BCUT2D eigenvalue weighted by Crippen LogP contribution is 2.36. The van der Waals surface area contributed by atoms with Crippen molar-refractivity contribution in [3.63, 3.8) is 0 Å². The van der Waals surface area contributed by atoms with Gasteiger partial charge in [-0.15, -0.1) is 0 Å². The van der Waals surface area contributed by atoms with Crippen LogP contribution in [0, 0.1) is 6.92 Å². The van der Waals surface area contributed by atoms with E-state index in [9.17, 15) is 4.79 Å². The quantitative estimate of drug-likeness (QED) is 0.645. The van der Waals surface area contributed by atoms with Crippen molar-refractivity contribution < 1.29 is 14.6 Å². The second-order valence-corrected chi connectivity index (χ2v) is 4.90.